The van der Waals surface area contributed by atoms with Crippen molar-refractivity contribution in [1.82, 2.24) is 5.32 Å². The van der Waals surface area contributed by atoms with Crippen molar-refractivity contribution < 1.29 is 4.42 Å². The third-order valence-electron chi connectivity index (χ3n) is 6.53. The highest BCUT2D eigenvalue weighted by molar-refractivity contribution is 5.13. The van der Waals surface area contributed by atoms with Crippen molar-refractivity contribution in [3.8, 4) is 0 Å². The smallest absolute Gasteiger partial charge is 0.121 e. The highest BCUT2D eigenvalue weighted by atomic mass is 16.3. The molecule has 1 unspecified atom stereocenters. The molecule has 4 bridgehead atoms. The third-order valence-corrected chi connectivity index (χ3v) is 6.53. The summed E-state index contributed by atoms with van der Waals surface area (Å²) >= 11 is 0. The molecule has 1 aromatic heterocycles. The van der Waals surface area contributed by atoms with E-state index in [1.165, 1.54) is 44.9 Å². The quantitative estimate of drug-likeness (QED) is 0.848. The van der Waals surface area contributed by atoms with Gasteiger partial charge in [-0.1, -0.05) is 6.92 Å². The summed E-state index contributed by atoms with van der Waals surface area (Å²) in [5.41, 5.74) is 0.613. The number of hydrogen-bond acceptors (Lipinski definition) is 2. The molecule has 1 N–H and O–H groups in total. The van der Waals surface area contributed by atoms with E-state index in [1.54, 1.807) is 0 Å². The van der Waals surface area contributed by atoms with Crippen molar-refractivity contribution in [2.75, 3.05) is 7.05 Å². The second-order valence-corrected chi connectivity index (χ2v) is 8.12. The van der Waals surface area contributed by atoms with Gasteiger partial charge < -0.3 is 9.73 Å². The average Bonchev–Trinajstić information content (AvgIpc) is 2.92. The third kappa shape index (κ3) is 2.46. The normalized spacial score (nSPS) is 38.9. The van der Waals surface area contributed by atoms with E-state index in [0.29, 0.717) is 11.5 Å². The van der Waals surface area contributed by atoms with Gasteiger partial charge in [-0.2, -0.15) is 0 Å². The van der Waals surface area contributed by atoms with Gasteiger partial charge in [-0.15, -0.1) is 0 Å². The van der Waals surface area contributed by atoms with Gasteiger partial charge in [-0.25, -0.2) is 0 Å². The zero-order chi connectivity index (χ0) is 14.4. The molecule has 1 aromatic rings. The number of aryl methyl sites for hydroxylation is 1. The minimum Gasteiger partial charge on any atom is -0.464 e. The molecule has 0 saturated heterocycles. The van der Waals surface area contributed by atoms with E-state index in [9.17, 15) is 0 Å². The van der Waals surface area contributed by atoms with Gasteiger partial charge in [0.15, 0.2) is 0 Å². The van der Waals surface area contributed by atoms with E-state index in [1.807, 2.05) is 0 Å². The molecule has 2 heteroatoms. The van der Waals surface area contributed by atoms with E-state index in [0.717, 1.165) is 35.7 Å². The molecule has 4 aliphatic carbocycles. The van der Waals surface area contributed by atoms with Crippen molar-refractivity contribution in [2.45, 2.75) is 64.3 Å². The van der Waals surface area contributed by atoms with E-state index in [4.69, 9.17) is 4.42 Å². The van der Waals surface area contributed by atoms with Gasteiger partial charge >= 0.3 is 0 Å². The molecule has 0 aromatic carbocycles. The van der Waals surface area contributed by atoms with Crippen LogP contribution in [-0.2, 0) is 6.42 Å². The summed E-state index contributed by atoms with van der Waals surface area (Å²) in [6.45, 7) is 2.16. The first kappa shape index (κ1) is 13.9. The Bertz CT molecular complexity index is 468. The fourth-order valence-electron chi connectivity index (χ4n) is 6.09. The topological polar surface area (TPSA) is 25.2 Å². The molecule has 0 spiro atoms. The summed E-state index contributed by atoms with van der Waals surface area (Å²) in [7, 11) is 2.10. The van der Waals surface area contributed by atoms with Crippen LogP contribution in [-0.4, -0.2) is 7.05 Å². The molecular formula is C19H29NO. The highest BCUT2D eigenvalue weighted by Crippen LogP contribution is 2.62. The SMILES string of the molecule is CCc1ccc(C(CC23CC4CC(CC(C4)C2)C3)NC)o1. The molecular weight excluding hydrogens is 258 g/mol. The predicted molar refractivity (Wildman–Crippen MR) is 85.1 cm³/mol. The van der Waals surface area contributed by atoms with Gasteiger partial charge in [0.1, 0.15) is 11.5 Å². The average molecular weight is 287 g/mol. The minimum atomic E-state index is 0.404. The standard InChI is InChI=1S/C19H29NO/c1-3-16-4-5-18(21-16)17(20-2)12-19-9-13-6-14(10-19)8-15(7-13)11-19/h4-5,13-15,17,20H,3,6-12H2,1-2H3. The van der Waals surface area contributed by atoms with Gasteiger partial charge in [0, 0.05) is 6.42 Å². The van der Waals surface area contributed by atoms with Gasteiger partial charge in [0.05, 0.1) is 6.04 Å². The summed E-state index contributed by atoms with van der Waals surface area (Å²) < 4.78 is 6.04. The fourth-order valence-corrected chi connectivity index (χ4v) is 6.09. The second-order valence-electron chi connectivity index (χ2n) is 8.12. The first-order chi connectivity index (χ1) is 10.2. The van der Waals surface area contributed by atoms with Crippen LogP contribution in [0.3, 0.4) is 0 Å². The molecule has 21 heavy (non-hydrogen) atoms. The van der Waals surface area contributed by atoms with Crippen molar-refractivity contribution in [3.63, 3.8) is 0 Å². The maximum atomic E-state index is 6.04. The number of nitrogens with one attached hydrogen (secondary N) is 1. The van der Waals surface area contributed by atoms with Gasteiger partial charge in [-0.05, 0) is 87.3 Å². The van der Waals surface area contributed by atoms with Crippen molar-refractivity contribution >= 4 is 0 Å². The van der Waals surface area contributed by atoms with Crippen LogP contribution in [0.5, 0.6) is 0 Å². The zero-order valence-corrected chi connectivity index (χ0v) is 13.5. The van der Waals surface area contributed by atoms with E-state index >= 15 is 0 Å². The molecule has 116 valence electrons. The maximum Gasteiger partial charge on any atom is 0.121 e. The Morgan fingerprint density at radius 1 is 1.14 bits per heavy atom. The molecule has 4 fully saturated rings. The van der Waals surface area contributed by atoms with Crippen LogP contribution in [0.4, 0.5) is 0 Å². The van der Waals surface area contributed by atoms with Crippen LogP contribution >= 0.6 is 0 Å². The van der Waals surface area contributed by atoms with E-state index in [2.05, 4.69) is 31.4 Å². The Balaban J connectivity index is 1.53. The Kier molecular flexibility index (Phi) is 3.40. The van der Waals surface area contributed by atoms with Crippen LogP contribution in [0, 0.1) is 23.2 Å². The number of rotatable bonds is 5. The summed E-state index contributed by atoms with van der Waals surface area (Å²) in [6, 6.07) is 4.75. The molecule has 4 aliphatic rings. The lowest BCUT2D eigenvalue weighted by Crippen LogP contribution is -2.47. The van der Waals surface area contributed by atoms with Crippen LogP contribution in [0.25, 0.3) is 0 Å². The molecule has 5 rings (SSSR count). The zero-order valence-electron chi connectivity index (χ0n) is 13.5. The summed E-state index contributed by atoms with van der Waals surface area (Å²) in [5.74, 6) is 5.39. The van der Waals surface area contributed by atoms with Crippen LogP contribution in [0.15, 0.2) is 16.5 Å². The van der Waals surface area contributed by atoms with Crippen LogP contribution < -0.4 is 5.32 Å². The molecule has 0 radical (unpaired) electrons. The first-order valence-corrected chi connectivity index (χ1v) is 8.95. The Morgan fingerprint density at radius 3 is 2.24 bits per heavy atom. The van der Waals surface area contributed by atoms with Gasteiger partial charge in [0.25, 0.3) is 0 Å². The summed E-state index contributed by atoms with van der Waals surface area (Å²) in [4.78, 5) is 0. The largest absolute Gasteiger partial charge is 0.464 e. The summed E-state index contributed by atoms with van der Waals surface area (Å²) in [5, 5.41) is 3.54. The Morgan fingerprint density at radius 2 is 1.76 bits per heavy atom. The van der Waals surface area contributed by atoms with Crippen LogP contribution in [0.2, 0.25) is 0 Å². The molecule has 1 atom stereocenters. The Labute approximate surface area is 128 Å². The monoisotopic (exact) mass is 287 g/mol. The lowest BCUT2D eigenvalue weighted by molar-refractivity contribution is -0.0629. The molecule has 0 aliphatic heterocycles. The fraction of sp³-hybridized carbons (Fsp3) is 0.789. The van der Waals surface area contributed by atoms with Crippen molar-refractivity contribution in [3.05, 3.63) is 23.7 Å². The van der Waals surface area contributed by atoms with E-state index < -0.39 is 0 Å². The van der Waals surface area contributed by atoms with Crippen LogP contribution in [0.1, 0.15) is 69.4 Å². The molecule has 1 heterocycles. The minimum absolute atomic E-state index is 0.404. The van der Waals surface area contributed by atoms with Gasteiger partial charge in [0.2, 0.25) is 0 Å². The number of hydrogen-bond donors (Lipinski definition) is 1. The Hall–Kier alpha value is -0.760. The lowest BCUT2D eigenvalue weighted by Gasteiger charge is -2.57. The van der Waals surface area contributed by atoms with Crippen molar-refractivity contribution in [2.24, 2.45) is 23.2 Å². The second kappa shape index (κ2) is 5.15. The molecule has 4 saturated carbocycles. The maximum absolute atomic E-state index is 6.04. The lowest BCUT2D eigenvalue weighted by atomic mass is 9.48. The first-order valence-electron chi connectivity index (χ1n) is 8.95. The van der Waals surface area contributed by atoms with Crippen molar-refractivity contribution in [1.29, 1.82) is 0 Å². The molecule has 2 nitrogen and oxygen atoms in total. The summed E-state index contributed by atoms with van der Waals surface area (Å²) in [6.07, 6.45) is 11.3. The van der Waals surface area contributed by atoms with E-state index in [-0.39, 0.29) is 0 Å². The predicted octanol–water partition coefficient (Wildman–Crippen LogP) is 4.71. The number of furan rings is 1. The highest BCUT2D eigenvalue weighted by Gasteiger charge is 2.51. The molecule has 0 amide bonds. The van der Waals surface area contributed by atoms with Gasteiger partial charge in [-0.3, -0.25) is 0 Å².